The zero-order chi connectivity index (χ0) is 15.5. The molecule has 1 aromatic carbocycles. The molecule has 0 saturated carbocycles. The summed E-state index contributed by atoms with van der Waals surface area (Å²) in [6.07, 6.45) is 2.21. The molecule has 0 N–H and O–H groups in total. The normalized spacial score (nSPS) is 19.4. The van der Waals surface area contributed by atoms with Crippen molar-refractivity contribution in [2.24, 2.45) is 11.3 Å². The van der Waals surface area contributed by atoms with Crippen molar-refractivity contribution in [2.75, 3.05) is 19.7 Å². The molecule has 1 aliphatic heterocycles. The van der Waals surface area contributed by atoms with Gasteiger partial charge < -0.3 is 9.64 Å². The number of piperidine rings is 1. The molecule has 0 radical (unpaired) electrons. The van der Waals surface area contributed by atoms with Crippen LogP contribution in [0, 0.1) is 18.3 Å². The summed E-state index contributed by atoms with van der Waals surface area (Å²) in [7, 11) is 0. The number of ether oxygens (including phenoxy) is 1. The van der Waals surface area contributed by atoms with Gasteiger partial charge in [0.2, 0.25) is 5.91 Å². The van der Waals surface area contributed by atoms with E-state index in [0.717, 1.165) is 31.7 Å². The van der Waals surface area contributed by atoms with E-state index in [4.69, 9.17) is 4.74 Å². The number of amides is 1. The van der Waals surface area contributed by atoms with E-state index in [9.17, 15) is 4.79 Å². The summed E-state index contributed by atoms with van der Waals surface area (Å²) in [6, 6.07) is 8.14. The van der Waals surface area contributed by atoms with E-state index in [1.165, 1.54) is 5.56 Å². The third-order valence-electron chi connectivity index (χ3n) is 3.95. The lowest BCUT2D eigenvalue weighted by Gasteiger charge is -2.36. The van der Waals surface area contributed by atoms with Crippen molar-refractivity contribution >= 4 is 5.91 Å². The second kappa shape index (κ2) is 6.50. The maximum Gasteiger partial charge on any atom is 0.227 e. The molecule has 2 rings (SSSR count). The third-order valence-corrected chi connectivity index (χ3v) is 3.95. The van der Waals surface area contributed by atoms with Crippen LogP contribution in [0.3, 0.4) is 0 Å². The van der Waals surface area contributed by atoms with E-state index in [-0.39, 0.29) is 11.3 Å². The molecule has 3 nitrogen and oxygen atoms in total. The molecule has 1 saturated heterocycles. The van der Waals surface area contributed by atoms with E-state index >= 15 is 0 Å². The molecule has 1 amide bonds. The lowest BCUT2D eigenvalue weighted by Crippen LogP contribution is -2.46. The topological polar surface area (TPSA) is 29.5 Å². The summed E-state index contributed by atoms with van der Waals surface area (Å²) >= 11 is 0. The Morgan fingerprint density at radius 3 is 2.57 bits per heavy atom. The Morgan fingerprint density at radius 1 is 1.29 bits per heavy atom. The summed E-state index contributed by atoms with van der Waals surface area (Å²) in [5.74, 6) is 1.61. The Hall–Kier alpha value is -1.51. The predicted octanol–water partition coefficient (Wildman–Crippen LogP) is 3.66. The fourth-order valence-corrected chi connectivity index (χ4v) is 2.71. The van der Waals surface area contributed by atoms with E-state index in [0.29, 0.717) is 12.5 Å². The average Bonchev–Trinajstić information content (AvgIpc) is 2.45. The SMILES string of the molecule is Cc1ccc(OCC2CCCN(C(=O)C(C)(C)C)C2)cc1. The monoisotopic (exact) mass is 289 g/mol. The van der Waals surface area contributed by atoms with E-state index in [1.54, 1.807) is 0 Å². The van der Waals surface area contributed by atoms with Crippen LogP contribution in [0.15, 0.2) is 24.3 Å². The van der Waals surface area contributed by atoms with Gasteiger partial charge in [-0.05, 0) is 31.9 Å². The molecule has 0 aromatic heterocycles. The van der Waals surface area contributed by atoms with Gasteiger partial charge in [0.25, 0.3) is 0 Å². The minimum absolute atomic E-state index is 0.252. The van der Waals surface area contributed by atoms with E-state index in [2.05, 4.69) is 19.1 Å². The van der Waals surface area contributed by atoms with Gasteiger partial charge in [-0.2, -0.15) is 0 Å². The third kappa shape index (κ3) is 4.48. The van der Waals surface area contributed by atoms with Crippen LogP contribution in [0.5, 0.6) is 5.75 Å². The highest BCUT2D eigenvalue weighted by atomic mass is 16.5. The number of nitrogens with zero attached hydrogens (tertiary/aromatic N) is 1. The Kier molecular flexibility index (Phi) is 4.92. The van der Waals surface area contributed by atoms with Crippen LogP contribution in [0.25, 0.3) is 0 Å². The lowest BCUT2D eigenvalue weighted by atomic mass is 9.91. The standard InChI is InChI=1S/C18H27NO2/c1-14-7-9-16(10-8-14)21-13-15-6-5-11-19(12-15)17(20)18(2,3)4/h7-10,15H,5-6,11-13H2,1-4H3. The number of rotatable bonds is 3. The Morgan fingerprint density at radius 2 is 1.95 bits per heavy atom. The molecule has 1 aromatic rings. The first-order valence-corrected chi connectivity index (χ1v) is 7.85. The van der Waals surface area contributed by atoms with Crippen LogP contribution in [0.2, 0.25) is 0 Å². The molecule has 0 bridgehead atoms. The number of hydrogen-bond acceptors (Lipinski definition) is 2. The van der Waals surface area contributed by atoms with Gasteiger partial charge in [-0.15, -0.1) is 0 Å². The molecular weight excluding hydrogens is 262 g/mol. The van der Waals surface area contributed by atoms with Gasteiger partial charge in [0.15, 0.2) is 0 Å². The van der Waals surface area contributed by atoms with Gasteiger partial charge >= 0.3 is 0 Å². The zero-order valence-electron chi connectivity index (χ0n) is 13.7. The minimum atomic E-state index is -0.292. The van der Waals surface area contributed by atoms with Crippen LogP contribution in [0.1, 0.15) is 39.2 Å². The largest absolute Gasteiger partial charge is 0.493 e. The number of aryl methyl sites for hydroxylation is 1. The Balaban J connectivity index is 1.87. The number of benzene rings is 1. The number of carbonyl (C=O) groups excluding carboxylic acids is 1. The molecule has 116 valence electrons. The molecule has 1 heterocycles. The van der Waals surface area contributed by atoms with Crippen molar-refractivity contribution in [1.82, 2.24) is 4.90 Å². The summed E-state index contributed by atoms with van der Waals surface area (Å²) in [6.45, 7) is 10.4. The quantitative estimate of drug-likeness (QED) is 0.850. The lowest BCUT2D eigenvalue weighted by molar-refractivity contribution is -0.141. The highest BCUT2D eigenvalue weighted by Crippen LogP contribution is 2.24. The second-order valence-electron chi connectivity index (χ2n) is 7.13. The van der Waals surface area contributed by atoms with Crippen molar-refractivity contribution < 1.29 is 9.53 Å². The Bertz CT molecular complexity index is 473. The fourth-order valence-electron chi connectivity index (χ4n) is 2.71. The van der Waals surface area contributed by atoms with Crippen LogP contribution >= 0.6 is 0 Å². The maximum atomic E-state index is 12.4. The zero-order valence-corrected chi connectivity index (χ0v) is 13.7. The first kappa shape index (κ1) is 15.9. The highest BCUT2D eigenvalue weighted by molar-refractivity contribution is 5.81. The number of likely N-dealkylation sites (tertiary alicyclic amines) is 1. The van der Waals surface area contributed by atoms with Gasteiger partial charge in [-0.3, -0.25) is 4.79 Å². The van der Waals surface area contributed by atoms with Crippen LogP contribution in [-0.2, 0) is 4.79 Å². The fraction of sp³-hybridized carbons (Fsp3) is 0.611. The molecular formula is C18H27NO2. The molecule has 1 aliphatic rings. The Labute approximate surface area is 128 Å². The van der Waals surface area contributed by atoms with Gasteiger partial charge in [0.1, 0.15) is 5.75 Å². The highest BCUT2D eigenvalue weighted by Gasteiger charge is 2.31. The molecule has 0 aliphatic carbocycles. The smallest absolute Gasteiger partial charge is 0.227 e. The first-order valence-electron chi connectivity index (χ1n) is 7.85. The maximum absolute atomic E-state index is 12.4. The van der Waals surface area contributed by atoms with Crippen molar-refractivity contribution in [3.05, 3.63) is 29.8 Å². The molecule has 21 heavy (non-hydrogen) atoms. The van der Waals surface area contributed by atoms with E-state index < -0.39 is 0 Å². The van der Waals surface area contributed by atoms with Crippen LogP contribution in [0.4, 0.5) is 0 Å². The summed E-state index contributed by atoms with van der Waals surface area (Å²) < 4.78 is 5.88. The van der Waals surface area contributed by atoms with Gasteiger partial charge in [0.05, 0.1) is 6.61 Å². The number of carbonyl (C=O) groups is 1. The number of hydrogen-bond donors (Lipinski definition) is 0. The van der Waals surface area contributed by atoms with Crippen molar-refractivity contribution in [2.45, 2.75) is 40.5 Å². The predicted molar refractivity (Wildman–Crippen MR) is 85.4 cm³/mol. The van der Waals surface area contributed by atoms with E-state index in [1.807, 2.05) is 37.8 Å². The van der Waals surface area contributed by atoms with Crippen LogP contribution in [-0.4, -0.2) is 30.5 Å². The average molecular weight is 289 g/mol. The van der Waals surface area contributed by atoms with Gasteiger partial charge in [-0.25, -0.2) is 0 Å². The summed E-state index contributed by atoms with van der Waals surface area (Å²) in [5, 5.41) is 0. The van der Waals surface area contributed by atoms with Gasteiger partial charge in [0, 0.05) is 24.4 Å². The second-order valence-corrected chi connectivity index (χ2v) is 7.13. The van der Waals surface area contributed by atoms with Crippen molar-refractivity contribution in [1.29, 1.82) is 0 Å². The van der Waals surface area contributed by atoms with Crippen molar-refractivity contribution in [3.8, 4) is 5.75 Å². The molecule has 0 spiro atoms. The van der Waals surface area contributed by atoms with Crippen molar-refractivity contribution in [3.63, 3.8) is 0 Å². The molecule has 1 atom stereocenters. The molecule has 3 heteroatoms. The summed E-state index contributed by atoms with van der Waals surface area (Å²) in [4.78, 5) is 14.4. The summed E-state index contributed by atoms with van der Waals surface area (Å²) in [5.41, 5.74) is 0.946. The molecule has 1 unspecified atom stereocenters. The van der Waals surface area contributed by atoms with Crippen LogP contribution < -0.4 is 4.74 Å². The van der Waals surface area contributed by atoms with Gasteiger partial charge in [-0.1, -0.05) is 38.5 Å². The first-order chi connectivity index (χ1) is 9.86. The molecule has 1 fully saturated rings. The minimum Gasteiger partial charge on any atom is -0.493 e.